The van der Waals surface area contributed by atoms with Crippen LogP contribution >= 0.6 is 0 Å². The van der Waals surface area contributed by atoms with Gasteiger partial charge in [-0.1, -0.05) is 24.3 Å². The van der Waals surface area contributed by atoms with Crippen molar-refractivity contribution >= 4 is 23.5 Å². The third-order valence-electron chi connectivity index (χ3n) is 6.23. The number of hydrogen-bond donors (Lipinski definition) is 1. The van der Waals surface area contributed by atoms with Crippen LogP contribution in [0.1, 0.15) is 18.2 Å². The number of nitrogens with zero attached hydrogens (tertiary/aromatic N) is 6. The summed E-state index contributed by atoms with van der Waals surface area (Å²) in [4.78, 5) is 31.1. The topological polar surface area (TPSA) is 67.8 Å². The Kier molecular flexibility index (Phi) is 6.78. The van der Waals surface area contributed by atoms with Gasteiger partial charge >= 0.3 is 6.03 Å². The van der Waals surface area contributed by atoms with Gasteiger partial charge < -0.3 is 24.9 Å². The van der Waals surface area contributed by atoms with E-state index in [9.17, 15) is 4.79 Å². The van der Waals surface area contributed by atoms with Crippen molar-refractivity contribution in [2.24, 2.45) is 0 Å². The van der Waals surface area contributed by atoms with E-state index in [2.05, 4.69) is 70.9 Å². The van der Waals surface area contributed by atoms with Gasteiger partial charge in [0, 0.05) is 70.5 Å². The molecule has 2 aromatic rings. The van der Waals surface area contributed by atoms with Gasteiger partial charge in [-0.2, -0.15) is 4.98 Å². The third-order valence-corrected chi connectivity index (χ3v) is 6.23. The predicted molar refractivity (Wildman–Crippen MR) is 130 cm³/mol. The standard InChI is InChI=1S/C24H33N7O/c1-4-12-25-24(32)31-13-11-21-20(18-31)22(28(3)5-2)27-23(26-21)30-16-14-29(15-17-30)19-9-7-6-8-10-19/h4,6-10H,1,5,11-18H2,2-3H3,(H,25,32). The molecule has 4 rings (SSSR count). The first-order valence-electron chi connectivity index (χ1n) is 11.4. The number of rotatable bonds is 6. The second-order valence-corrected chi connectivity index (χ2v) is 8.24. The Morgan fingerprint density at radius 3 is 2.53 bits per heavy atom. The number of nitrogens with one attached hydrogen (secondary N) is 1. The number of anilines is 3. The first kappa shape index (κ1) is 21.9. The number of carbonyl (C=O) groups excluding carboxylic acids is 1. The zero-order valence-electron chi connectivity index (χ0n) is 19.1. The normalized spacial score (nSPS) is 15.9. The van der Waals surface area contributed by atoms with E-state index in [1.807, 2.05) is 4.90 Å². The number of urea groups is 1. The Balaban J connectivity index is 1.53. The zero-order valence-corrected chi connectivity index (χ0v) is 19.1. The van der Waals surface area contributed by atoms with Crippen LogP contribution in [0, 0.1) is 0 Å². The average molecular weight is 436 g/mol. The second-order valence-electron chi connectivity index (χ2n) is 8.24. The molecule has 1 N–H and O–H groups in total. The summed E-state index contributed by atoms with van der Waals surface area (Å²) in [5.41, 5.74) is 3.38. The van der Waals surface area contributed by atoms with Crippen molar-refractivity contribution in [2.45, 2.75) is 19.9 Å². The first-order chi connectivity index (χ1) is 15.6. The van der Waals surface area contributed by atoms with Crippen LogP contribution in [-0.4, -0.2) is 73.8 Å². The maximum atomic E-state index is 12.5. The van der Waals surface area contributed by atoms with Gasteiger partial charge in [0.05, 0.1) is 12.2 Å². The maximum absolute atomic E-state index is 12.5. The highest BCUT2D eigenvalue weighted by molar-refractivity contribution is 5.75. The SMILES string of the molecule is C=CCNC(=O)N1CCc2nc(N3CCN(c4ccccc4)CC3)nc(N(C)CC)c2C1. The number of carbonyl (C=O) groups is 1. The minimum Gasteiger partial charge on any atom is -0.368 e. The molecule has 2 amide bonds. The lowest BCUT2D eigenvalue weighted by atomic mass is 10.1. The molecule has 1 fully saturated rings. The Bertz CT molecular complexity index is 941. The van der Waals surface area contributed by atoms with Crippen molar-refractivity contribution in [1.29, 1.82) is 0 Å². The molecule has 170 valence electrons. The van der Waals surface area contributed by atoms with Crippen molar-refractivity contribution in [3.8, 4) is 0 Å². The molecule has 0 spiro atoms. The lowest BCUT2D eigenvalue weighted by Gasteiger charge is -2.37. The fourth-order valence-corrected chi connectivity index (χ4v) is 4.24. The summed E-state index contributed by atoms with van der Waals surface area (Å²) in [6.45, 7) is 11.9. The average Bonchev–Trinajstić information content (AvgIpc) is 2.86. The first-order valence-corrected chi connectivity index (χ1v) is 11.4. The van der Waals surface area contributed by atoms with Crippen LogP contribution in [0.5, 0.6) is 0 Å². The molecular formula is C24H33N7O. The van der Waals surface area contributed by atoms with Gasteiger partial charge in [-0.05, 0) is 19.1 Å². The molecule has 3 heterocycles. The van der Waals surface area contributed by atoms with Crippen molar-refractivity contribution in [3.63, 3.8) is 0 Å². The number of hydrogen-bond acceptors (Lipinski definition) is 6. The Labute approximate surface area is 190 Å². The maximum Gasteiger partial charge on any atom is 0.317 e. The van der Waals surface area contributed by atoms with Crippen LogP contribution in [0.15, 0.2) is 43.0 Å². The van der Waals surface area contributed by atoms with E-state index >= 15 is 0 Å². The Hall–Kier alpha value is -3.29. The summed E-state index contributed by atoms with van der Waals surface area (Å²) < 4.78 is 0. The number of piperazine rings is 1. The lowest BCUT2D eigenvalue weighted by molar-refractivity contribution is 0.193. The molecular weight excluding hydrogens is 402 g/mol. The minimum atomic E-state index is -0.0678. The molecule has 0 bridgehead atoms. The van der Waals surface area contributed by atoms with E-state index in [-0.39, 0.29) is 6.03 Å². The molecule has 2 aliphatic rings. The molecule has 0 saturated carbocycles. The van der Waals surface area contributed by atoms with Gasteiger partial charge in [-0.15, -0.1) is 6.58 Å². The Morgan fingerprint density at radius 1 is 1.12 bits per heavy atom. The monoisotopic (exact) mass is 435 g/mol. The summed E-state index contributed by atoms with van der Waals surface area (Å²) in [7, 11) is 2.05. The van der Waals surface area contributed by atoms with Crippen LogP contribution < -0.4 is 20.0 Å². The van der Waals surface area contributed by atoms with E-state index in [4.69, 9.17) is 9.97 Å². The molecule has 1 aromatic carbocycles. The van der Waals surface area contributed by atoms with Crippen LogP contribution in [0.4, 0.5) is 22.2 Å². The summed E-state index contributed by atoms with van der Waals surface area (Å²) in [6.07, 6.45) is 2.43. The highest BCUT2D eigenvalue weighted by Crippen LogP contribution is 2.29. The molecule has 0 radical (unpaired) electrons. The summed E-state index contributed by atoms with van der Waals surface area (Å²) >= 11 is 0. The van der Waals surface area contributed by atoms with Gasteiger partial charge in [-0.25, -0.2) is 9.78 Å². The predicted octanol–water partition coefficient (Wildman–Crippen LogP) is 2.51. The molecule has 8 heteroatoms. The van der Waals surface area contributed by atoms with E-state index in [0.717, 1.165) is 62.2 Å². The van der Waals surface area contributed by atoms with Crippen molar-refractivity contribution < 1.29 is 4.79 Å². The molecule has 1 saturated heterocycles. The van der Waals surface area contributed by atoms with Gasteiger partial charge in [0.1, 0.15) is 5.82 Å². The second kappa shape index (κ2) is 9.89. The van der Waals surface area contributed by atoms with Gasteiger partial charge in [-0.3, -0.25) is 0 Å². The van der Waals surface area contributed by atoms with E-state index in [0.29, 0.717) is 19.6 Å². The summed E-state index contributed by atoms with van der Waals surface area (Å²) in [5.74, 6) is 1.73. The summed E-state index contributed by atoms with van der Waals surface area (Å²) in [5, 5.41) is 2.88. The highest BCUT2D eigenvalue weighted by Gasteiger charge is 2.28. The van der Waals surface area contributed by atoms with E-state index < -0.39 is 0 Å². The van der Waals surface area contributed by atoms with Crippen LogP contribution in [0.3, 0.4) is 0 Å². The van der Waals surface area contributed by atoms with Crippen molar-refractivity contribution in [3.05, 3.63) is 54.2 Å². The summed E-state index contributed by atoms with van der Waals surface area (Å²) in [6, 6.07) is 10.5. The molecule has 8 nitrogen and oxygen atoms in total. The Morgan fingerprint density at radius 2 is 1.84 bits per heavy atom. The molecule has 32 heavy (non-hydrogen) atoms. The lowest BCUT2D eigenvalue weighted by Crippen LogP contribution is -2.47. The molecule has 0 aliphatic carbocycles. The molecule has 0 atom stereocenters. The number of amides is 2. The smallest absolute Gasteiger partial charge is 0.317 e. The minimum absolute atomic E-state index is 0.0678. The fraction of sp³-hybridized carbons (Fsp3) is 0.458. The van der Waals surface area contributed by atoms with Gasteiger partial charge in [0.15, 0.2) is 0 Å². The highest BCUT2D eigenvalue weighted by atomic mass is 16.2. The van der Waals surface area contributed by atoms with Crippen LogP contribution in [-0.2, 0) is 13.0 Å². The number of benzene rings is 1. The van der Waals surface area contributed by atoms with Crippen molar-refractivity contribution in [2.75, 3.05) is 67.6 Å². The van der Waals surface area contributed by atoms with Crippen LogP contribution in [0.25, 0.3) is 0 Å². The number of para-hydroxylation sites is 1. The van der Waals surface area contributed by atoms with Gasteiger partial charge in [0.2, 0.25) is 5.95 Å². The number of fused-ring (bicyclic) bond motifs is 1. The van der Waals surface area contributed by atoms with Crippen LogP contribution in [0.2, 0.25) is 0 Å². The largest absolute Gasteiger partial charge is 0.368 e. The zero-order chi connectivity index (χ0) is 22.5. The van der Waals surface area contributed by atoms with E-state index in [1.54, 1.807) is 6.08 Å². The van der Waals surface area contributed by atoms with E-state index in [1.165, 1.54) is 5.69 Å². The van der Waals surface area contributed by atoms with Crippen molar-refractivity contribution in [1.82, 2.24) is 20.2 Å². The quantitative estimate of drug-likeness (QED) is 0.704. The fourth-order valence-electron chi connectivity index (χ4n) is 4.24. The van der Waals surface area contributed by atoms with Gasteiger partial charge in [0.25, 0.3) is 0 Å². The molecule has 1 aromatic heterocycles. The molecule has 0 unspecified atom stereocenters. The molecule has 2 aliphatic heterocycles. The third kappa shape index (κ3) is 4.64. The number of aromatic nitrogens is 2.